The van der Waals surface area contributed by atoms with Gasteiger partial charge in [0.2, 0.25) is 0 Å². The van der Waals surface area contributed by atoms with Gasteiger partial charge in [-0.2, -0.15) is 5.10 Å². The molecule has 0 aliphatic rings. The number of aliphatic hydroxyl groups is 1. The molecule has 1 rings (SSSR count). The van der Waals surface area contributed by atoms with Crippen molar-refractivity contribution in [3.63, 3.8) is 0 Å². The molecule has 1 aromatic rings. The maximum absolute atomic E-state index is 9.34. The molecule has 0 spiro atoms. The van der Waals surface area contributed by atoms with E-state index in [0.717, 1.165) is 11.3 Å². The number of rotatable bonds is 2. The van der Waals surface area contributed by atoms with Crippen LogP contribution in [0.15, 0.2) is 6.20 Å². The summed E-state index contributed by atoms with van der Waals surface area (Å²) in [6.07, 6.45) is 1.05. The lowest BCUT2D eigenvalue weighted by Gasteiger charge is -2.04. The summed E-state index contributed by atoms with van der Waals surface area (Å²) in [5.41, 5.74) is 1.76. The average molecular weight is 175 g/mol. The summed E-state index contributed by atoms with van der Waals surface area (Å²) >= 11 is 5.48. The van der Waals surface area contributed by atoms with Crippen LogP contribution in [-0.4, -0.2) is 20.8 Å². The molecule has 0 fully saturated rings. The van der Waals surface area contributed by atoms with Crippen LogP contribution in [0.3, 0.4) is 0 Å². The van der Waals surface area contributed by atoms with E-state index in [1.54, 1.807) is 10.9 Å². The fourth-order valence-electron chi connectivity index (χ4n) is 0.926. The Kier molecular flexibility index (Phi) is 2.52. The standard InChI is InChI=1S/C7H11ClN2O/c1-5-6(7(11)3-8)4-9-10(5)2/h4,7,11H,3H2,1-2H3. The molecule has 0 aliphatic carbocycles. The van der Waals surface area contributed by atoms with E-state index in [1.807, 2.05) is 14.0 Å². The number of hydrogen-bond donors (Lipinski definition) is 1. The first kappa shape index (κ1) is 8.56. The van der Waals surface area contributed by atoms with Gasteiger partial charge in [-0.1, -0.05) is 0 Å². The minimum Gasteiger partial charge on any atom is -0.387 e. The lowest BCUT2D eigenvalue weighted by Crippen LogP contribution is -2.01. The Morgan fingerprint density at radius 2 is 2.45 bits per heavy atom. The first-order valence-corrected chi connectivity index (χ1v) is 3.92. The summed E-state index contributed by atoms with van der Waals surface area (Å²) in [4.78, 5) is 0. The van der Waals surface area contributed by atoms with E-state index < -0.39 is 6.10 Å². The Morgan fingerprint density at radius 3 is 2.82 bits per heavy atom. The summed E-state index contributed by atoms with van der Waals surface area (Å²) in [6.45, 7) is 1.90. The van der Waals surface area contributed by atoms with E-state index in [-0.39, 0.29) is 5.88 Å². The van der Waals surface area contributed by atoms with Gasteiger partial charge in [-0.05, 0) is 6.92 Å². The van der Waals surface area contributed by atoms with Gasteiger partial charge < -0.3 is 5.11 Å². The van der Waals surface area contributed by atoms with Gasteiger partial charge in [-0.15, -0.1) is 11.6 Å². The minimum atomic E-state index is -0.592. The highest BCUT2D eigenvalue weighted by atomic mass is 35.5. The van der Waals surface area contributed by atoms with Gasteiger partial charge >= 0.3 is 0 Å². The van der Waals surface area contributed by atoms with Crippen LogP contribution in [0, 0.1) is 6.92 Å². The summed E-state index contributed by atoms with van der Waals surface area (Å²) in [6, 6.07) is 0. The van der Waals surface area contributed by atoms with Crippen LogP contribution in [0.2, 0.25) is 0 Å². The monoisotopic (exact) mass is 174 g/mol. The Morgan fingerprint density at radius 1 is 1.82 bits per heavy atom. The highest BCUT2D eigenvalue weighted by Crippen LogP contribution is 2.16. The number of nitrogens with zero attached hydrogens (tertiary/aromatic N) is 2. The third-order valence-electron chi connectivity index (χ3n) is 1.78. The average Bonchev–Trinajstić information content (AvgIpc) is 2.32. The summed E-state index contributed by atoms with van der Waals surface area (Å²) in [5, 5.41) is 13.3. The van der Waals surface area contributed by atoms with Crippen molar-refractivity contribution in [1.29, 1.82) is 0 Å². The molecule has 0 saturated carbocycles. The van der Waals surface area contributed by atoms with Crippen molar-refractivity contribution in [3.05, 3.63) is 17.5 Å². The van der Waals surface area contributed by atoms with Crippen molar-refractivity contribution in [1.82, 2.24) is 9.78 Å². The van der Waals surface area contributed by atoms with E-state index >= 15 is 0 Å². The highest BCUT2D eigenvalue weighted by molar-refractivity contribution is 6.18. The third-order valence-corrected chi connectivity index (χ3v) is 2.07. The van der Waals surface area contributed by atoms with E-state index in [4.69, 9.17) is 11.6 Å². The molecular weight excluding hydrogens is 164 g/mol. The first-order chi connectivity index (χ1) is 5.16. The molecule has 1 unspecified atom stereocenters. The van der Waals surface area contributed by atoms with Gasteiger partial charge in [0.05, 0.1) is 18.2 Å². The van der Waals surface area contributed by atoms with Crippen molar-refractivity contribution in [2.24, 2.45) is 7.05 Å². The zero-order valence-corrected chi connectivity index (χ0v) is 7.34. The van der Waals surface area contributed by atoms with E-state index in [2.05, 4.69) is 5.10 Å². The van der Waals surface area contributed by atoms with Crippen LogP contribution in [0.5, 0.6) is 0 Å². The van der Waals surface area contributed by atoms with Crippen LogP contribution in [0.4, 0.5) is 0 Å². The lowest BCUT2D eigenvalue weighted by molar-refractivity contribution is 0.202. The lowest BCUT2D eigenvalue weighted by atomic mass is 10.2. The van der Waals surface area contributed by atoms with Crippen LogP contribution < -0.4 is 0 Å². The Labute approximate surface area is 70.6 Å². The number of alkyl halides is 1. The van der Waals surface area contributed by atoms with Crippen LogP contribution in [-0.2, 0) is 7.05 Å². The molecule has 0 aliphatic heterocycles. The number of aromatic nitrogens is 2. The zero-order valence-electron chi connectivity index (χ0n) is 6.58. The SMILES string of the molecule is Cc1c(C(O)CCl)cnn1C. The quantitative estimate of drug-likeness (QED) is 0.680. The topological polar surface area (TPSA) is 38.1 Å². The zero-order chi connectivity index (χ0) is 8.43. The minimum absolute atomic E-state index is 0.215. The molecule has 0 radical (unpaired) electrons. The molecule has 1 atom stereocenters. The second-order valence-corrected chi connectivity index (χ2v) is 2.79. The summed E-state index contributed by atoms with van der Waals surface area (Å²) in [5.74, 6) is 0.215. The molecule has 1 heterocycles. The molecule has 62 valence electrons. The van der Waals surface area contributed by atoms with Gasteiger partial charge in [0.15, 0.2) is 0 Å². The fourth-order valence-corrected chi connectivity index (χ4v) is 1.09. The van der Waals surface area contributed by atoms with Crippen molar-refractivity contribution in [3.8, 4) is 0 Å². The Hall–Kier alpha value is -0.540. The number of hydrogen-bond acceptors (Lipinski definition) is 2. The van der Waals surface area contributed by atoms with Crippen LogP contribution in [0.1, 0.15) is 17.4 Å². The maximum atomic E-state index is 9.34. The predicted molar refractivity (Wildman–Crippen MR) is 43.6 cm³/mol. The fraction of sp³-hybridized carbons (Fsp3) is 0.571. The second-order valence-electron chi connectivity index (χ2n) is 2.48. The summed E-state index contributed by atoms with van der Waals surface area (Å²) in [7, 11) is 1.83. The molecule has 0 aromatic carbocycles. The molecular formula is C7H11ClN2O. The van der Waals surface area contributed by atoms with Crippen LogP contribution >= 0.6 is 11.6 Å². The van der Waals surface area contributed by atoms with Crippen molar-refractivity contribution >= 4 is 11.6 Å². The highest BCUT2D eigenvalue weighted by Gasteiger charge is 2.11. The third kappa shape index (κ3) is 1.54. The van der Waals surface area contributed by atoms with Crippen molar-refractivity contribution in [2.75, 3.05) is 5.88 Å². The van der Waals surface area contributed by atoms with E-state index in [0.29, 0.717) is 0 Å². The molecule has 0 bridgehead atoms. The van der Waals surface area contributed by atoms with Gasteiger partial charge in [0.25, 0.3) is 0 Å². The van der Waals surface area contributed by atoms with Gasteiger partial charge in [0, 0.05) is 18.3 Å². The van der Waals surface area contributed by atoms with E-state index in [1.165, 1.54) is 0 Å². The number of aryl methyl sites for hydroxylation is 1. The van der Waals surface area contributed by atoms with Gasteiger partial charge in [-0.25, -0.2) is 0 Å². The van der Waals surface area contributed by atoms with Crippen molar-refractivity contribution in [2.45, 2.75) is 13.0 Å². The second kappa shape index (κ2) is 3.24. The van der Waals surface area contributed by atoms with Crippen LogP contribution in [0.25, 0.3) is 0 Å². The maximum Gasteiger partial charge on any atom is 0.0958 e. The molecule has 3 nitrogen and oxygen atoms in total. The molecule has 1 N–H and O–H groups in total. The van der Waals surface area contributed by atoms with E-state index in [9.17, 15) is 5.11 Å². The van der Waals surface area contributed by atoms with Gasteiger partial charge in [0.1, 0.15) is 0 Å². The number of aliphatic hydroxyl groups excluding tert-OH is 1. The Balaban J connectivity index is 2.94. The molecule has 0 amide bonds. The normalized spacial score (nSPS) is 13.5. The largest absolute Gasteiger partial charge is 0.387 e. The molecule has 0 saturated heterocycles. The Bertz CT molecular complexity index is 247. The van der Waals surface area contributed by atoms with Crippen molar-refractivity contribution < 1.29 is 5.11 Å². The molecule has 1 aromatic heterocycles. The first-order valence-electron chi connectivity index (χ1n) is 3.39. The number of halogens is 1. The summed E-state index contributed by atoms with van der Waals surface area (Å²) < 4.78 is 1.71. The molecule has 4 heteroatoms. The smallest absolute Gasteiger partial charge is 0.0958 e. The molecule has 11 heavy (non-hydrogen) atoms. The van der Waals surface area contributed by atoms with Gasteiger partial charge in [-0.3, -0.25) is 4.68 Å². The predicted octanol–water partition coefficient (Wildman–Crippen LogP) is 1.00.